The van der Waals surface area contributed by atoms with E-state index in [1.165, 1.54) is 11.3 Å². The minimum absolute atomic E-state index is 0.302. The monoisotopic (exact) mass is 285 g/mol. The highest BCUT2D eigenvalue weighted by molar-refractivity contribution is 5.87. The van der Waals surface area contributed by atoms with Crippen molar-refractivity contribution in [1.29, 1.82) is 0 Å². The van der Waals surface area contributed by atoms with E-state index in [1.54, 1.807) is 18.2 Å². The zero-order valence-corrected chi connectivity index (χ0v) is 12.0. The average molecular weight is 285 g/mol. The van der Waals surface area contributed by atoms with E-state index in [4.69, 9.17) is 5.11 Å². The number of hydrogen-bond acceptors (Lipinski definition) is 3. The molecule has 2 N–H and O–H groups in total. The molecular formula is C16H19N3O2. The van der Waals surface area contributed by atoms with Crippen LogP contribution < -0.4 is 5.32 Å². The van der Waals surface area contributed by atoms with Gasteiger partial charge in [-0.05, 0) is 37.0 Å². The fraction of sp³-hybridized carbons (Fsp3) is 0.375. The Balaban J connectivity index is 1.71. The predicted octanol–water partition coefficient (Wildman–Crippen LogP) is 2.29. The molecule has 1 aliphatic rings. The highest BCUT2D eigenvalue weighted by Crippen LogP contribution is 2.28. The Hall–Kier alpha value is -2.14. The largest absolute Gasteiger partial charge is 0.478 e. The van der Waals surface area contributed by atoms with E-state index in [0.29, 0.717) is 18.2 Å². The Bertz CT molecular complexity index is 663. The average Bonchev–Trinajstić information content (AvgIpc) is 2.86. The lowest BCUT2D eigenvalue weighted by Gasteiger charge is -2.22. The van der Waals surface area contributed by atoms with E-state index in [-0.39, 0.29) is 0 Å². The molecule has 0 saturated carbocycles. The van der Waals surface area contributed by atoms with E-state index >= 15 is 0 Å². The topological polar surface area (TPSA) is 67.2 Å². The summed E-state index contributed by atoms with van der Waals surface area (Å²) in [6, 6.07) is 7.38. The number of fused-ring (bicyclic) bond motifs is 1. The molecule has 0 aliphatic heterocycles. The van der Waals surface area contributed by atoms with Crippen molar-refractivity contribution in [2.45, 2.75) is 31.8 Å². The SMILES string of the molecule is Cn1cc2c(n1)CCCC2NCc1cccc(C(=O)O)c1. The van der Waals surface area contributed by atoms with Gasteiger partial charge < -0.3 is 10.4 Å². The fourth-order valence-electron chi connectivity index (χ4n) is 2.93. The number of aromatic nitrogens is 2. The lowest BCUT2D eigenvalue weighted by molar-refractivity contribution is 0.0696. The van der Waals surface area contributed by atoms with Gasteiger partial charge in [-0.3, -0.25) is 4.68 Å². The molecule has 0 saturated heterocycles. The zero-order valence-electron chi connectivity index (χ0n) is 12.0. The van der Waals surface area contributed by atoms with Gasteiger partial charge in [0.15, 0.2) is 0 Å². The molecule has 2 aromatic rings. The van der Waals surface area contributed by atoms with Gasteiger partial charge in [0.25, 0.3) is 0 Å². The summed E-state index contributed by atoms with van der Waals surface area (Å²) in [7, 11) is 1.95. The summed E-state index contributed by atoms with van der Waals surface area (Å²) in [6.07, 6.45) is 5.36. The first-order chi connectivity index (χ1) is 10.1. The van der Waals surface area contributed by atoms with Gasteiger partial charge in [0.2, 0.25) is 0 Å². The summed E-state index contributed by atoms with van der Waals surface area (Å²) in [5.74, 6) is -0.885. The molecule has 0 radical (unpaired) electrons. The van der Waals surface area contributed by atoms with Crippen molar-refractivity contribution in [3.8, 4) is 0 Å². The van der Waals surface area contributed by atoms with Crippen LogP contribution in [0.15, 0.2) is 30.5 Å². The normalized spacial score (nSPS) is 17.5. The molecule has 5 nitrogen and oxygen atoms in total. The molecule has 1 atom stereocenters. The maximum absolute atomic E-state index is 11.0. The molecule has 5 heteroatoms. The Morgan fingerprint density at radius 2 is 2.38 bits per heavy atom. The van der Waals surface area contributed by atoms with Gasteiger partial charge in [-0.1, -0.05) is 12.1 Å². The van der Waals surface area contributed by atoms with Crippen molar-refractivity contribution in [2.75, 3.05) is 0 Å². The summed E-state index contributed by atoms with van der Waals surface area (Å²) in [4.78, 5) is 11.0. The lowest BCUT2D eigenvalue weighted by Crippen LogP contribution is -2.24. The van der Waals surface area contributed by atoms with Gasteiger partial charge >= 0.3 is 5.97 Å². The molecule has 1 aliphatic carbocycles. The maximum Gasteiger partial charge on any atom is 0.335 e. The second-order valence-corrected chi connectivity index (χ2v) is 5.54. The highest BCUT2D eigenvalue weighted by atomic mass is 16.4. The van der Waals surface area contributed by atoms with Crippen LogP contribution in [-0.4, -0.2) is 20.9 Å². The summed E-state index contributed by atoms with van der Waals surface area (Å²) in [5, 5.41) is 17.0. The Morgan fingerprint density at radius 3 is 3.19 bits per heavy atom. The van der Waals surface area contributed by atoms with Crippen LogP contribution in [-0.2, 0) is 20.0 Å². The molecule has 0 amide bonds. The number of aryl methyl sites for hydroxylation is 2. The van der Waals surface area contributed by atoms with E-state index in [0.717, 1.165) is 24.8 Å². The van der Waals surface area contributed by atoms with Crippen molar-refractivity contribution < 1.29 is 9.90 Å². The van der Waals surface area contributed by atoms with Gasteiger partial charge in [-0.2, -0.15) is 5.10 Å². The number of nitrogens with zero attached hydrogens (tertiary/aromatic N) is 2. The van der Waals surface area contributed by atoms with Crippen molar-refractivity contribution in [2.24, 2.45) is 7.05 Å². The third-order valence-electron chi connectivity index (χ3n) is 3.95. The van der Waals surface area contributed by atoms with Crippen LogP contribution in [0.4, 0.5) is 0 Å². The number of carbonyl (C=O) groups is 1. The van der Waals surface area contributed by atoms with E-state index in [2.05, 4.69) is 16.6 Å². The first-order valence-electron chi connectivity index (χ1n) is 7.21. The molecule has 110 valence electrons. The van der Waals surface area contributed by atoms with Crippen molar-refractivity contribution >= 4 is 5.97 Å². The number of hydrogen-bond donors (Lipinski definition) is 2. The van der Waals surface area contributed by atoms with Gasteiger partial charge in [-0.25, -0.2) is 4.79 Å². The number of nitrogens with one attached hydrogen (secondary N) is 1. The summed E-state index contributed by atoms with van der Waals surface area (Å²) in [6.45, 7) is 0.667. The second-order valence-electron chi connectivity index (χ2n) is 5.54. The van der Waals surface area contributed by atoms with Crippen LogP contribution in [0.25, 0.3) is 0 Å². The fourth-order valence-corrected chi connectivity index (χ4v) is 2.93. The molecule has 0 spiro atoms. The second kappa shape index (κ2) is 5.69. The molecule has 0 bridgehead atoms. The predicted molar refractivity (Wildman–Crippen MR) is 79.1 cm³/mol. The molecular weight excluding hydrogens is 266 g/mol. The Morgan fingerprint density at radius 1 is 1.52 bits per heavy atom. The van der Waals surface area contributed by atoms with Crippen LogP contribution in [0, 0.1) is 0 Å². The van der Waals surface area contributed by atoms with Gasteiger partial charge in [0.1, 0.15) is 0 Å². The summed E-state index contributed by atoms with van der Waals surface area (Å²) < 4.78 is 1.87. The van der Waals surface area contributed by atoms with Crippen LogP contribution in [0.1, 0.15) is 46.1 Å². The molecule has 21 heavy (non-hydrogen) atoms. The minimum atomic E-state index is -0.885. The van der Waals surface area contributed by atoms with E-state index < -0.39 is 5.97 Å². The van der Waals surface area contributed by atoms with Gasteiger partial charge in [-0.15, -0.1) is 0 Å². The van der Waals surface area contributed by atoms with Crippen LogP contribution in [0.2, 0.25) is 0 Å². The standard InChI is InChI=1S/C16H19N3O2/c1-19-10-13-14(6-3-7-15(13)18-19)17-9-11-4-2-5-12(8-11)16(20)21/h2,4-5,8,10,14,17H,3,6-7,9H2,1H3,(H,20,21). The van der Waals surface area contributed by atoms with E-state index in [1.807, 2.05) is 17.8 Å². The molecule has 1 aromatic carbocycles. The first kappa shape index (κ1) is 13.8. The minimum Gasteiger partial charge on any atom is -0.478 e. The van der Waals surface area contributed by atoms with Gasteiger partial charge in [0, 0.05) is 31.4 Å². The number of aromatic carboxylic acids is 1. The number of carboxylic acid groups (broad SMARTS) is 1. The molecule has 1 unspecified atom stereocenters. The third-order valence-corrected chi connectivity index (χ3v) is 3.95. The Kier molecular flexibility index (Phi) is 3.75. The summed E-state index contributed by atoms with van der Waals surface area (Å²) in [5.41, 5.74) is 3.78. The number of benzene rings is 1. The molecule has 0 fully saturated rings. The third kappa shape index (κ3) is 2.97. The van der Waals surface area contributed by atoms with Gasteiger partial charge in [0.05, 0.1) is 11.3 Å². The summed E-state index contributed by atoms with van der Waals surface area (Å²) >= 11 is 0. The van der Waals surface area contributed by atoms with Crippen LogP contribution >= 0.6 is 0 Å². The maximum atomic E-state index is 11.0. The van der Waals surface area contributed by atoms with Crippen LogP contribution in [0.3, 0.4) is 0 Å². The van der Waals surface area contributed by atoms with Crippen LogP contribution in [0.5, 0.6) is 0 Å². The lowest BCUT2D eigenvalue weighted by atomic mass is 9.93. The van der Waals surface area contributed by atoms with Crippen molar-refractivity contribution in [3.05, 3.63) is 52.8 Å². The quantitative estimate of drug-likeness (QED) is 0.904. The van der Waals surface area contributed by atoms with Crippen molar-refractivity contribution in [1.82, 2.24) is 15.1 Å². The van der Waals surface area contributed by atoms with Crippen molar-refractivity contribution in [3.63, 3.8) is 0 Å². The van der Waals surface area contributed by atoms with E-state index in [9.17, 15) is 4.79 Å². The first-order valence-corrected chi connectivity index (χ1v) is 7.21. The number of carboxylic acids is 1. The molecule has 3 rings (SSSR count). The Labute approximate surface area is 123 Å². The number of rotatable bonds is 4. The molecule has 1 heterocycles. The smallest absolute Gasteiger partial charge is 0.335 e. The molecule has 1 aromatic heterocycles. The highest BCUT2D eigenvalue weighted by Gasteiger charge is 2.22. The zero-order chi connectivity index (χ0) is 14.8.